The Kier molecular flexibility index (Phi) is 7.05. The molecule has 0 aromatic heterocycles. The highest BCUT2D eigenvalue weighted by molar-refractivity contribution is 6.00. The summed E-state index contributed by atoms with van der Waals surface area (Å²) in [4.78, 5) is 24.5. The van der Waals surface area contributed by atoms with Crippen molar-refractivity contribution in [3.63, 3.8) is 0 Å². The number of carbonyl (C=O) groups is 2. The number of amides is 2. The first-order chi connectivity index (χ1) is 15.1. The molecule has 0 bridgehead atoms. The summed E-state index contributed by atoms with van der Waals surface area (Å²) in [5, 5.41) is 8.63. The van der Waals surface area contributed by atoms with Crippen molar-refractivity contribution in [3.8, 4) is 17.2 Å². The molecule has 0 saturated heterocycles. The van der Waals surface area contributed by atoms with Crippen LogP contribution < -0.4 is 25.0 Å². The van der Waals surface area contributed by atoms with Crippen molar-refractivity contribution in [2.45, 2.75) is 0 Å². The van der Waals surface area contributed by atoms with Crippen LogP contribution in [0.3, 0.4) is 0 Å². The number of nitrogens with one attached hydrogen (secondary N) is 2. The summed E-state index contributed by atoms with van der Waals surface area (Å²) in [5.41, 5.74) is 3.55. The lowest BCUT2D eigenvalue weighted by Gasteiger charge is -2.14. The summed E-state index contributed by atoms with van der Waals surface area (Å²) >= 11 is 0. The molecule has 3 rings (SSSR count). The summed E-state index contributed by atoms with van der Waals surface area (Å²) in [6.07, 6.45) is 1.57. The average Bonchev–Trinajstić information content (AvgIpc) is 2.81. The van der Waals surface area contributed by atoms with Gasteiger partial charge >= 0.3 is 0 Å². The summed E-state index contributed by atoms with van der Waals surface area (Å²) < 4.78 is 15.7. The Morgan fingerprint density at radius 2 is 1.61 bits per heavy atom. The van der Waals surface area contributed by atoms with E-state index in [4.69, 9.17) is 14.2 Å². The van der Waals surface area contributed by atoms with Crippen LogP contribution in [-0.2, 0) is 4.79 Å². The molecule has 3 aromatic rings. The third kappa shape index (κ3) is 5.11. The van der Waals surface area contributed by atoms with Gasteiger partial charge in [0.25, 0.3) is 11.8 Å². The number of benzene rings is 3. The topological polar surface area (TPSA) is 98.2 Å². The van der Waals surface area contributed by atoms with Crippen molar-refractivity contribution in [3.05, 3.63) is 65.7 Å². The molecule has 3 aromatic carbocycles. The molecule has 0 spiro atoms. The van der Waals surface area contributed by atoms with Crippen LogP contribution in [0.25, 0.3) is 10.8 Å². The lowest BCUT2D eigenvalue weighted by Crippen LogP contribution is -2.34. The van der Waals surface area contributed by atoms with E-state index in [1.54, 1.807) is 6.21 Å². The lowest BCUT2D eigenvalue weighted by molar-refractivity contribution is -0.120. The van der Waals surface area contributed by atoms with Gasteiger partial charge in [-0.2, -0.15) is 5.10 Å². The Morgan fingerprint density at radius 1 is 0.935 bits per heavy atom. The smallest absolute Gasteiger partial charge is 0.259 e. The molecule has 160 valence electrons. The van der Waals surface area contributed by atoms with Gasteiger partial charge in [-0.1, -0.05) is 42.5 Å². The number of carbonyl (C=O) groups excluding carboxylic acids is 2. The van der Waals surface area contributed by atoms with Gasteiger partial charge in [-0.3, -0.25) is 9.59 Å². The van der Waals surface area contributed by atoms with Crippen LogP contribution in [0, 0.1) is 0 Å². The number of hydrogen-bond donors (Lipinski definition) is 2. The second-order valence-electron chi connectivity index (χ2n) is 6.46. The summed E-state index contributed by atoms with van der Waals surface area (Å²) in [6, 6.07) is 16.7. The van der Waals surface area contributed by atoms with E-state index in [0.29, 0.717) is 17.2 Å². The molecule has 0 aliphatic heterocycles. The Balaban J connectivity index is 1.60. The van der Waals surface area contributed by atoms with Crippen molar-refractivity contribution in [2.24, 2.45) is 5.10 Å². The van der Waals surface area contributed by atoms with E-state index in [2.05, 4.69) is 15.8 Å². The Labute approximate surface area is 179 Å². The molecule has 0 fully saturated rings. The Morgan fingerprint density at radius 3 is 2.29 bits per heavy atom. The third-order valence-corrected chi connectivity index (χ3v) is 4.55. The van der Waals surface area contributed by atoms with Crippen LogP contribution in [0.1, 0.15) is 15.9 Å². The minimum Gasteiger partial charge on any atom is -0.493 e. The minimum absolute atomic E-state index is 0.248. The second kappa shape index (κ2) is 10.1. The first-order valence-electron chi connectivity index (χ1n) is 9.45. The van der Waals surface area contributed by atoms with Crippen LogP contribution in [0.2, 0.25) is 0 Å². The molecule has 0 unspecified atom stereocenters. The maximum Gasteiger partial charge on any atom is 0.259 e. The van der Waals surface area contributed by atoms with E-state index in [1.165, 1.54) is 33.5 Å². The van der Waals surface area contributed by atoms with Gasteiger partial charge < -0.3 is 19.5 Å². The fourth-order valence-corrected chi connectivity index (χ4v) is 3.05. The number of fused-ring (bicyclic) bond motifs is 1. The SMILES string of the molecule is COc1cc(C(=O)NCC(=O)N/N=C/c2cccc3ccccc23)cc(OC)c1OC. The maximum atomic E-state index is 12.4. The van der Waals surface area contributed by atoms with Gasteiger partial charge in [-0.15, -0.1) is 0 Å². The van der Waals surface area contributed by atoms with E-state index in [9.17, 15) is 9.59 Å². The predicted octanol–water partition coefficient (Wildman–Crippen LogP) is 2.75. The molecule has 2 N–H and O–H groups in total. The normalized spacial score (nSPS) is 10.7. The third-order valence-electron chi connectivity index (χ3n) is 4.55. The van der Waals surface area contributed by atoms with Gasteiger partial charge in [-0.05, 0) is 22.9 Å². The van der Waals surface area contributed by atoms with Crippen LogP contribution >= 0.6 is 0 Å². The summed E-state index contributed by atoms with van der Waals surface area (Å²) in [6.45, 7) is -0.248. The molecule has 0 saturated carbocycles. The van der Waals surface area contributed by atoms with Gasteiger partial charge in [0.1, 0.15) is 0 Å². The monoisotopic (exact) mass is 421 g/mol. The van der Waals surface area contributed by atoms with Crippen molar-refractivity contribution in [1.82, 2.24) is 10.7 Å². The Bertz CT molecular complexity index is 1100. The molecule has 0 radical (unpaired) electrons. The van der Waals surface area contributed by atoms with Crippen molar-refractivity contribution < 1.29 is 23.8 Å². The lowest BCUT2D eigenvalue weighted by atomic mass is 10.1. The van der Waals surface area contributed by atoms with Crippen molar-refractivity contribution >= 4 is 28.8 Å². The van der Waals surface area contributed by atoms with Crippen LogP contribution in [0.4, 0.5) is 0 Å². The van der Waals surface area contributed by atoms with E-state index < -0.39 is 11.8 Å². The average molecular weight is 421 g/mol. The molecule has 31 heavy (non-hydrogen) atoms. The molecular weight excluding hydrogens is 398 g/mol. The van der Waals surface area contributed by atoms with Crippen LogP contribution in [-0.4, -0.2) is 45.9 Å². The molecule has 8 nitrogen and oxygen atoms in total. The van der Waals surface area contributed by atoms with E-state index in [1.807, 2.05) is 42.5 Å². The number of ether oxygens (including phenoxy) is 3. The van der Waals surface area contributed by atoms with Crippen LogP contribution in [0.5, 0.6) is 17.2 Å². The zero-order valence-corrected chi connectivity index (χ0v) is 17.5. The summed E-state index contributed by atoms with van der Waals surface area (Å²) in [5.74, 6) is 0.138. The highest BCUT2D eigenvalue weighted by Gasteiger charge is 2.17. The molecule has 0 atom stereocenters. The van der Waals surface area contributed by atoms with Gasteiger partial charge in [0.15, 0.2) is 11.5 Å². The quantitative estimate of drug-likeness (QED) is 0.431. The fraction of sp³-hybridized carbons (Fsp3) is 0.174. The number of methoxy groups -OCH3 is 3. The number of hydrogen-bond acceptors (Lipinski definition) is 6. The number of rotatable bonds is 8. The largest absolute Gasteiger partial charge is 0.493 e. The van der Waals surface area contributed by atoms with E-state index in [-0.39, 0.29) is 12.1 Å². The van der Waals surface area contributed by atoms with E-state index in [0.717, 1.165) is 16.3 Å². The second-order valence-corrected chi connectivity index (χ2v) is 6.46. The number of nitrogens with zero attached hydrogens (tertiary/aromatic N) is 1. The highest BCUT2D eigenvalue weighted by atomic mass is 16.5. The van der Waals surface area contributed by atoms with Crippen molar-refractivity contribution in [2.75, 3.05) is 27.9 Å². The molecule has 2 amide bonds. The first kappa shape index (κ1) is 21.6. The predicted molar refractivity (Wildman–Crippen MR) is 118 cm³/mol. The fourth-order valence-electron chi connectivity index (χ4n) is 3.05. The molecular formula is C23H23N3O5. The van der Waals surface area contributed by atoms with Crippen LogP contribution in [0.15, 0.2) is 59.7 Å². The highest BCUT2D eigenvalue weighted by Crippen LogP contribution is 2.38. The van der Waals surface area contributed by atoms with Crippen molar-refractivity contribution in [1.29, 1.82) is 0 Å². The Hall–Kier alpha value is -4.07. The molecule has 0 aliphatic rings. The van der Waals surface area contributed by atoms with Gasteiger partial charge in [-0.25, -0.2) is 5.43 Å². The van der Waals surface area contributed by atoms with Gasteiger partial charge in [0.2, 0.25) is 5.75 Å². The zero-order chi connectivity index (χ0) is 22.2. The molecule has 8 heteroatoms. The molecule has 0 heterocycles. The van der Waals surface area contributed by atoms with Gasteiger partial charge in [0, 0.05) is 11.1 Å². The first-order valence-corrected chi connectivity index (χ1v) is 9.45. The zero-order valence-electron chi connectivity index (χ0n) is 17.5. The van der Waals surface area contributed by atoms with Gasteiger partial charge in [0.05, 0.1) is 34.1 Å². The minimum atomic E-state index is -0.465. The summed E-state index contributed by atoms with van der Waals surface area (Å²) in [7, 11) is 4.39. The standard InChI is InChI=1S/C23H23N3O5/c1-29-19-11-17(12-20(30-2)22(19)31-3)23(28)24-14-21(27)26-25-13-16-9-6-8-15-7-4-5-10-18(15)16/h4-13H,14H2,1-3H3,(H,24,28)(H,26,27)/b25-13+. The van der Waals surface area contributed by atoms with E-state index >= 15 is 0 Å². The number of hydrazone groups is 1. The maximum absolute atomic E-state index is 12.4. The molecule has 0 aliphatic carbocycles.